The summed E-state index contributed by atoms with van der Waals surface area (Å²) in [6.45, 7) is 13.3. The number of aromatic nitrogens is 4. The number of fused-ring (bicyclic) bond motifs is 8. The number of benzene rings is 3. The third kappa shape index (κ3) is 5.18. The van der Waals surface area contributed by atoms with Crippen molar-refractivity contribution in [2.75, 3.05) is 0 Å². The van der Waals surface area contributed by atoms with Gasteiger partial charge in [-0.3, -0.25) is 4.98 Å². The molecule has 8 bridgehead atoms. The van der Waals surface area contributed by atoms with Gasteiger partial charge in [-0.05, 0) is 98.0 Å². The lowest BCUT2D eigenvalue weighted by Gasteiger charge is -2.16. The van der Waals surface area contributed by atoms with Gasteiger partial charge in [-0.2, -0.15) is 0 Å². The molecule has 2 N–H and O–H groups in total. The molecule has 3 aromatic heterocycles. The molecule has 6 aromatic rings. The molecule has 0 fully saturated rings. The Kier molecular flexibility index (Phi) is 7.06. The zero-order valence-electron chi connectivity index (χ0n) is 28.5. The molecule has 8 rings (SSSR count). The molecule has 0 saturated carbocycles. The fourth-order valence-corrected chi connectivity index (χ4v) is 7.55. The third-order valence-electron chi connectivity index (χ3n) is 9.82. The highest BCUT2D eigenvalue weighted by molar-refractivity contribution is 5.97. The van der Waals surface area contributed by atoms with Gasteiger partial charge in [-0.15, -0.1) is 0 Å². The second-order valence-corrected chi connectivity index (χ2v) is 14.1. The van der Waals surface area contributed by atoms with E-state index in [0.717, 1.165) is 79.1 Å². The minimum absolute atomic E-state index is 0.136. The van der Waals surface area contributed by atoms with Crippen molar-refractivity contribution in [1.82, 2.24) is 19.9 Å². The Morgan fingerprint density at radius 3 is 1.85 bits per heavy atom. The summed E-state index contributed by atoms with van der Waals surface area (Å²) in [4.78, 5) is 18.5. The average molecular weight is 625 g/mol. The largest absolute Gasteiger partial charge is 0.355 e. The number of hydrogen-bond donors (Lipinski definition) is 2. The molecule has 0 radical (unpaired) electrons. The van der Waals surface area contributed by atoms with Crippen molar-refractivity contribution in [2.24, 2.45) is 0 Å². The van der Waals surface area contributed by atoms with E-state index >= 15 is 0 Å². The zero-order chi connectivity index (χ0) is 33.2. The van der Waals surface area contributed by atoms with E-state index in [9.17, 15) is 0 Å². The predicted molar refractivity (Wildman–Crippen MR) is 202 cm³/mol. The van der Waals surface area contributed by atoms with Gasteiger partial charge in [-0.1, -0.05) is 91.7 Å². The van der Waals surface area contributed by atoms with Gasteiger partial charge in [0.1, 0.15) is 0 Å². The Morgan fingerprint density at radius 1 is 0.542 bits per heavy atom. The smallest absolute Gasteiger partial charge is 0.0737 e. The van der Waals surface area contributed by atoms with E-state index in [4.69, 9.17) is 9.97 Å². The van der Waals surface area contributed by atoms with Crippen LogP contribution in [0.2, 0.25) is 0 Å². The first-order chi connectivity index (χ1) is 23.1. The van der Waals surface area contributed by atoms with Crippen LogP contribution in [0, 0.1) is 27.7 Å². The summed E-state index contributed by atoms with van der Waals surface area (Å²) in [5.74, 6) is 0. The number of aromatic amines is 2. The van der Waals surface area contributed by atoms with Gasteiger partial charge in [0.2, 0.25) is 0 Å². The molecule has 0 atom stereocenters. The lowest BCUT2D eigenvalue weighted by atomic mass is 9.85. The number of H-pyrrole nitrogens is 2. The number of hydrogen-bond acceptors (Lipinski definition) is 2. The monoisotopic (exact) mass is 624 g/mol. The Hall–Kier alpha value is -5.48. The molecule has 0 spiro atoms. The Labute approximate surface area is 282 Å². The van der Waals surface area contributed by atoms with E-state index in [-0.39, 0.29) is 5.41 Å². The third-order valence-corrected chi connectivity index (χ3v) is 9.82. The van der Waals surface area contributed by atoms with Gasteiger partial charge >= 0.3 is 0 Å². The van der Waals surface area contributed by atoms with Crippen LogP contribution in [0.4, 0.5) is 0 Å². The van der Waals surface area contributed by atoms with E-state index in [2.05, 4.69) is 161 Å². The SMILES string of the molecule is Cc1ccc(-c2c3nc(c(-c4c(C)cc(C)cc4C)c4ccc([nH]4)c(-c4ccccc4)c4nc(cc5ccc2[nH]5)C(C)(C)C4)C=C3)cc1. The lowest BCUT2D eigenvalue weighted by molar-refractivity contribution is 0.544. The van der Waals surface area contributed by atoms with Crippen molar-refractivity contribution < 1.29 is 0 Å². The van der Waals surface area contributed by atoms with E-state index in [1.54, 1.807) is 0 Å². The first-order valence-electron chi connectivity index (χ1n) is 16.8. The average Bonchev–Trinajstić information content (AvgIpc) is 3.86. The topological polar surface area (TPSA) is 57.4 Å². The second-order valence-electron chi connectivity index (χ2n) is 14.1. The van der Waals surface area contributed by atoms with E-state index in [1.807, 2.05) is 0 Å². The summed E-state index contributed by atoms with van der Waals surface area (Å²) in [5.41, 5.74) is 19.8. The molecule has 2 aliphatic heterocycles. The van der Waals surface area contributed by atoms with E-state index < -0.39 is 0 Å². The molecular formula is C44H40N4. The Bertz CT molecular complexity index is 2400. The highest BCUT2D eigenvalue weighted by atomic mass is 14.8. The molecule has 0 aliphatic carbocycles. The summed E-state index contributed by atoms with van der Waals surface area (Å²) in [6.07, 6.45) is 5.19. The number of nitrogens with zero attached hydrogens (tertiary/aromatic N) is 2. The van der Waals surface area contributed by atoms with Crippen molar-refractivity contribution in [3.05, 3.63) is 142 Å². The molecule has 0 unspecified atom stereocenters. The Balaban J connectivity index is 1.57. The van der Waals surface area contributed by atoms with Crippen LogP contribution in [0.1, 0.15) is 58.9 Å². The van der Waals surface area contributed by atoms with Crippen LogP contribution in [0.15, 0.2) is 97.1 Å². The molecule has 236 valence electrons. The fourth-order valence-electron chi connectivity index (χ4n) is 7.55. The molecule has 4 nitrogen and oxygen atoms in total. The van der Waals surface area contributed by atoms with Gasteiger partial charge in [-0.25, -0.2) is 4.98 Å². The van der Waals surface area contributed by atoms with Crippen LogP contribution < -0.4 is 0 Å². The number of rotatable bonds is 3. The molecule has 5 heterocycles. The highest BCUT2D eigenvalue weighted by Crippen LogP contribution is 2.40. The summed E-state index contributed by atoms with van der Waals surface area (Å²) in [6, 6.07) is 35.0. The van der Waals surface area contributed by atoms with E-state index in [0.29, 0.717) is 0 Å². The van der Waals surface area contributed by atoms with Crippen LogP contribution >= 0.6 is 0 Å². The van der Waals surface area contributed by atoms with Crippen molar-refractivity contribution in [3.63, 3.8) is 0 Å². The Morgan fingerprint density at radius 2 is 1.15 bits per heavy atom. The van der Waals surface area contributed by atoms with Gasteiger partial charge in [0.05, 0.1) is 17.1 Å². The number of nitrogens with one attached hydrogen (secondary N) is 2. The lowest BCUT2D eigenvalue weighted by Crippen LogP contribution is -2.15. The summed E-state index contributed by atoms with van der Waals surface area (Å²) in [7, 11) is 0. The normalized spacial score (nSPS) is 13.6. The molecular weight excluding hydrogens is 585 g/mol. The quantitative estimate of drug-likeness (QED) is 0.205. The van der Waals surface area contributed by atoms with Crippen LogP contribution in [-0.2, 0) is 11.8 Å². The standard InChI is InChI=1S/C44H40N4/c1-26-12-14-31(15-13-26)41-33-17-16-32(45-33)24-39-44(5,6)25-38(48-39)42(30-10-8-7-9-11-30)35-19-21-37(47-35)43(36-20-18-34(41)46-36)40-28(3)22-27(2)23-29(40)4/h7-24,45,47H,25H2,1-6H3. The molecule has 4 heteroatoms. The van der Waals surface area contributed by atoms with Crippen molar-refractivity contribution in [1.29, 1.82) is 0 Å². The van der Waals surface area contributed by atoms with Gasteiger partial charge in [0.15, 0.2) is 0 Å². The molecule has 0 saturated heterocycles. The minimum atomic E-state index is -0.136. The van der Waals surface area contributed by atoms with Gasteiger partial charge in [0, 0.05) is 56.3 Å². The summed E-state index contributed by atoms with van der Waals surface area (Å²) in [5, 5.41) is 0. The number of aryl methyl sites for hydroxylation is 4. The van der Waals surface area contributed by atoms with Crippen molar-refractivity contribution in [3.8, 4) is 33.4 Å². The maximum Gasteiger partial charge on any atom is 0.0737 e. The molecule has 0 amide bonds. The second kappa shape index (κ2) is 11.3. The van der Waals surface area contributed by atoms with E-state index in [1.165, 1.54) is 27.8 Å². The van der Waals surface area contributed by atoms with Crippen LogP contribution in [0.5, 0.6) is 0 Å². The molecule has 3 aromatic carbocycles. The summed E-state index contributed by atoms with van der Waals surface area (Å²) >= 11 is 0. The first-order valence-corrected chi connectivity index (χ1v) is 16.8. The summed E-state index contributed by atoms with van der Waals surface area (Å²) < 4.78 is 0. The first kappa shape index (κ1) is 29.9. The molecule has 48 heavy (non-hydrogen) atoms. The maximum atomic E-state index is 5.43. The van der Waals surface area contributed by atoms with Gasteiger partial charge in [0.25, 0.3) is 0 Å². The maximum absolute atomic E-state index is 5.43. The zero-order valence-corrected chi connectivity index (χ0v) is 28.5. The molecule has 2 aliphatic rings. The van der Waals surface area contributed by atoms with Gasteiger partial charge < -0.3 is 9.97 Å². The van der Waals surface area contributed by atoms with Crippen LogP contribution in [0.3, 0.4) is 0 Å². The highest BCUT2D eigenvalue weighted by Gasteiger charge is 2.31. The van der Waals surface area contributed by atoms with Crippen LogP contribution in [0.25, 0.3) is 67.6 Å². The fraction of sp³-hybridized carbons (Fsp3) is 0.182. The minimum Gasteiger partial charge on any atom is -0.355 e. The van der Waals surface area contributed by atoms with Crippen molar-refractivity contribution >= 4 is 34.2 Å². The van der Waals surface area contributed by atoms with Crippen LogP contribution in [-0.4, -0.2) is 19.9 Å². The predicted octanol–water partition coefficient (Wildman–Crippen LogP) is 11.2. The van der Waals surface area contributed by atoms with Crippen molar-refractivity contribution in [2.45, 2.75) is 53.4 Å².